The maximum absolute atomic E-state index is 12.5. The average molecular weight is 367 g/mol. The van der Waals surface area contributed by atoms with Crippen molar-refractivity contribution in [2.75, 3.05) is 5.33 Å². The van der Waals surface area contributed by atoms with Crippen molar-refractivity contribution < 1.29 is 17.6 Å². The van der Waals surface area contributed by atoms with E-state index in [1.54, 1.807) is 15.9 Å². The van der Waals surface area contributed by atoms with Crippen molar-refractivity contribution in [3.63, 3.8) is 0 Å². The van der Waals surface area contributed by atoms with Crippen LogP contribution in [0.2, 0.25) is 0 Å². The fourth-order valence-corrected chi connectivity index (χ4v) is 1.55. The number of rotatable bonds is 3. The van der Waals surface area contributed by atoms with Gasteiger partial charge in [-0.1, -0.05) is 31.9 Å². The molecule has 0 rings (SSSR count). The lowest BCUT2D eigenvalue weighted by molar-refractivity contribution is -0.142. The maximum atomic E-state index is 12.5. The molecular weight excluding hydrogens is 364 g/mol. The van der Waals surface area contributed by atoms with Crippen LogP contribution in [-0.4, -0.2) is 20.9 Å². The smallest absolute Gasteiger partial charge is 0.197 e. The molecule has 0 aliphatic heterocycles. The van der Waals surface area contributed by atoms with Crippen LogP contribution in [0, 0.1) is 0 Å². The normalized spacial score (nSPS) is 16.6. The van der Waals surface area contributed by atoms with Crippen LogP contribution in [0.3, 0.4) is 0 Å². The van der Waals surface area contributed by atoms with Gasteiger partial charge in [-0.3, -0.25) is 0 Å². The zero-order valence-electron chi connectivity index (χ0n) is 4.93. The van der Waals surface area contributed by atoms with Crippen molar-refractivity contribution in [1.82, 2.24) is 0 Å². The van der Waals surface area contributed by atoms with Crippen LogP contribution < -0.4 is 0 Å². The molecule has 0 spiro atoms. The first-order valence-electron chi connectivity index (χ1n) is 2.38. The molecule has 0 saturated carbocycles. The van der Waals surface area contributed by atoms with Crippen molar-refractivity contribution in [3.8, 4) is 0 Å². The molecule has 0 aromatic rings. The topological polar surface area (TPSA) is 0 Å². The molecule has 0 saturated heterocycles. The summed E-state index contributed by atoms with van der Waals surface area (Å²) in [5, 5.41) is -0.249. The lowest BCUT2D eigenvalue weighted by atomic mass is 10.3. The molecule has 68 valence electrons. The third-order valence-corrected chi connectivity index (χ3v) is 3.85. The van der Waals surface area contributed by atoms with Gasteiger partial charge in [0.15, 0.2) is 0 Å². The first-order valence-corrected chi connectivity index (χ1v) is 5.21. The van der Waals surface area contributed by atoms with Gasteiger partial charge in [-0.25, -0.2) is 0 Å². The standard InChI is InChI=1S/C4H3Br3F4/c5-1-2(6)3(8,9)4(7,10)11/h2H,1H2/t2-/m0/s1. The van der Waals surface area contributed by atoms with Gasteiger partial charge in [-0.05, 0) is 15.9 Å². The van der Waals surface area contributed by atoms with Crippen LogP contribution >= 0.6 is 47.8 Å². The summed E-state index contributed by atoms with van der Waals surface area (Å²) in [6.07, 6.45) is 0. The van der Waals surface area contributed by atoms with E-state index < -0.39 is 15.6 Å². The first-order chi connectivity index (χ1) is 4.73. The van der Waals surface area contributed by atoms with Gasteiger partial charge in [0.25, 0.3) is 0 Å². The van der Waals surface area contributed by atoms with Gasteiger partial charge in [-0.15, -0.1) is 0 Å². The van der Waals surface area contributed by atoms with E-state index in [0.29, 0.717) is 0 Å². The summed E-state index contributed by atoms with van der Waals surface area (Å²) >= 11 is 6.70. The van der Waals surface area contributed by atoms with E-state index in [0.717, 1.165) is 0 Å². The molecule has 0 aliphatic rings. The predicted molar refractivity (Wildman–Crippen MR) is 45.3 cm³/mol. The predicted octanol–water partition coefficient (Wildman–Crippen LogP) is 3.77. The SMILES string of the molecule is FC(F)(Br)C(F)(F)[C@@H](Br)CBr. The molecule has 0 amide bonds. The molecular formula is C4H3Br3F4. The van der Waals surface area contributed by atoms with E-state index in [2.05, 4.69) is 31.9 Å². The molecule has 0 radical (unpaired) electrons. The highest BCUT2D eigenvalue weighted by Crippen LogP contribution is 2.44. The van der Waals surface area contributed by atoms with Crippen LogP contribution in [-0.2, 0) is 0 Å². The third kappa shape index (κ3) is 2.84. The fraction of sp³-hybridized carbons (Fsp3) is 1.00. The summed E-state index contributed by atoms with van der Waals surface area (Å²) in [5.41, 5.74) is 0. The molecule has 0 aliphatic carbocycles. The Balaban J connectivity index is 4.45. The molecule has 0 heterocycles. The Morgan fingerprint density at radius 2 is 1.55 bits per heavy atom. The highest BCUT2D eigenvalue weighted by molar-refractivity contribution is 9.12. The van der Waals surface area contributed by atoms with Crippen LogP contribution in [0.25, 0.3) is 0 Å². The van der Waals surface area contributed by atoms with Gasteiger partial charge >= 0.3 is 10.8 Å². The molecule has 0 fully saturated rings. The molecule has 0 N–H and O–H groups in total. The van der Waals surface area contributed by atoms with E-state index in [1.807, 2.05) is 0 Å². The number of alkyl halides is 7. The Labute approximate surface area is 86.1 Å². The Morgan fingerprint density at radius 1 is 1.18 bits per heavy atom. The first kappa shape index (κ1) is 12.2. The minimum Gasteiger partial charge on any atom is -0.197 e. The van der Waals surface area contributed by atoms with Gasteiger partial charge < -0.3 is 0 Å². The number of hydrogen-bond acceptors (Lipinski definition) is 0. The van der Waals surface area contributed by atoms with E-state index in [1.165, 1.54) is 0 Å². The van der Waals surface area contributed by atoms with E-state index in [4.69, 9.17) is 0 Å². The van der Waals surface area contributed by atoms with Crippen molar-refractivity contribution in [3.05, 3.63) is 0 Å². The average Bonchev–Trinajstić information content (AvgIpc) is 1.83. The van der Waals surface area contributed by atoms with Gasteiger partial charge in [0.2, 0.25) is 0 Å². The van der Waals surface area contributed by atoms with Gasteiger partial charge in [0.1, 0.15) is 0 Å². The van der Waals surface area contributed by atoms with E-state index in [-0.39, 0.29) is 5.33 Å². The lowest BCUT2D eigenvalue weighted by Gasteiger charge is -2.24. The summed E-state index contributed by atoms with van der Waals surface area (Å²) in [6.45, 7) is 0. The molecule has 0 aromatic carbocycles. The van der Waals surface area contributed by atoms with Crippen LogP contribution in [0.4, 0.5) is 17.6 Å². The van der Waals surface area contributed by atoms with Gasteiger partial charge in [0.05, 0.1) is 4.83 Å². The second-order valence-corrected chi connectivity index (χ2v) is 4.49. The second kappa shape index (κ2) is 3.91. The Bertz CT molecular complexity index is 132. The van der Waals surface area contributed by atoms with Gasteiger partial charge in [-0.2, -0.15) is 17.6 Å². The van der Waals surface area contributed by atoms with E-state index in [9.17, 15) is 17.6 Å². The fourth-order valence-electron chi connectivity index (χ4n) is 0.274. The third-order valence-electron chi connectivity index (χ3n) is 0.907. The highest BCUT2D eigenvalue weighted by Gasteiger charge is 2.58. The quantitative estimate of drug-likeness (QED) is 0.527. The van der Waals surface area contributed by atoms with Crippen molar-refractivity contribution in [2.45, 2.75) is 15.6 Å². The molecule has 0 unspecified atom stereocenters. The van der Waals surface area contributed by atoms with Crippen LogP contribution in [0.1, 0.15) is 0 Å². The summed E-state index contributed by atoms with van der Waals surface area (Å²) in [4.78, 5) is -5.77. The number of halogens is 7. The van der Waals surface area contributed by atoms with Crippen LogP contribution in [0.5, 0.6) is 0 Å². The molecule has 11 heavy (non-hydrogen) atoms. The summed E-state index contributed by atoms with van der Waals surface area (Å²) in [7, 11) is 0. The zero-order chi connectivity index (χ0) is 9.28. The van der Waals surface area contributed by atoms with E-state index >= 15 is 0 Å². The summed E-state index contributed by atoms with van der Waals surface area (Å²) in [6, 6.07) is 0. The summed E-state index contributed by atoms with van der Waals surface area (Å²) in [5.74, 6) is -4.10. The molecule has 0 bridgehead atoms. The minimum absolute atomic E-state index is 0.249. The lowest BCUT2D eigenvalue weighted by Crippen LogP contribution is -2.43. The monoisotopic (exact) mass is 364 g/mol. The maximum Gasteiger partial charge on any atom is 0.364 e. The van der Waals surface area contributed by atoms with Crippen molar-refractivity contribution >= 4 is 47.8 Å². The molecule has 0 aromatic heterocycles. The number of hydrogen-bond donors (Lipinski definition) is 0. The molecule has 1 atom stereocenters. The largest absolute Gasteiger partial charge is 0.364 e. The van der Waals surface area contributed by atoms with Gasteiger partial charge in [0, 0.05) is 5.33 Å². The zero-order valence-corrected chi connectivity index (χ0v) is 9.69. The Morgan fingerprint density at radius 3 is 1.64 bits per heavy atom. The van der Waals surface area contributed by atoms with Crippen molar-refractivity contribution in [1.29, 1.82) is 0 Å². The van der Waals surface area contributed by atoms with Crippen LogP contribution in [0.15, 0.2) is 0 Å². The molecule has 0 nitrogen and oxygen atoms in total. The van der Waals surface area contributed by atoms with Crippen molar-refractivity contribution in [2.24, 2.45) is 0 Å². The summed E-state index contributed by atoms with van der Waals surface area (Å²) < 4.78 is 49.0. The second-order valence-electron chi connectivity index (χ2n) is 1.74. The highest BCUT2D eigenvalue weighted by atomic mass is 79.9. The molecule has 7 heteroatoms. The Kier molecular flexibility index (Phi) is 4.32. The Hall–Kier alpha value is 1.16. The minimum atomic E-state index is -4.18.